The second-order valence-corrected chi connectivity index (χ2v) is 8.30. The van der Waals surface area contributed by atoms with Gasteiger partial charge in [-0.1, -0.05) is 11.6 Å². The number of aromatic amines is 1. The molecule has 5 N–H and O–H groups in total. The number of hydrogen-bond donors (Lipinski definition) is 5. The molecule has 1 aliphatic carbocycles. The van der Waals surface area contributed by atoms with Crippen LogP contribution in [0, 0.1) is 5.41 Å². The van der Waals surface area contributed by atoms with Crippen molar-refractivity contribution in [1.82, 2.24) is 9.88 Å². The average molecular weight is 416 g/mol. The number of benzene rings is 1. The van der Waals surface area contributed by atoms with Gasteiger partial charge >= 0.3 is 0 Å². The van der Waals surface area contributed by atoms with E-state index in [9.17, 15) is 9.90 Å². The Bertz CT molecular complexity index is 915. The Morgan fingerprint density at radius 3 is 2.48 bits per heavy atom. The largest absolute Gasteiger partial charge is 0.390 e. The number of rotatable bonds is 5. The van der Waals surface area contributed by atoms with Crippen molar-refractivity contribution in [3.8, 4) is 0 Å². The number of halogens is 1. The molecule has 4 rings (SSSR count). The summed E-state index contributed by atoms with van der Waals surface area (Å²) in [4.78, 5) is 17.5. The minimum absolute atomic E-state index is 0.0416. The van der Waals surface area contributed by atoms with Crippen molar-refractivity contribution in [2.45, 2.75) is 43.9 Å². The molecule has 1 aliphatic heterocycles. The van der Waals surface area contributed by atoms with E-state index in [-0.39, 0.29) is 23.5 Å². The van der Waals surface area contributed by atoms with Crippen molar-refractivity contribution in [3.05, 3.63) is 57.5 Å². The third kappa shape index (κ3) is 4.63. The predicted molar refractivity (Wildman–Crippen MR) is 116 cm³/mol. The standard InChI is InChI=1S/C21H26ClN5O2/c22-13-1-3-15(4-2-13)26-20(23)19-18(9-10-24-21(19)29)25-14-5-7-16(8-6-14)27-11-17(28)12-27/h1-4,9-10,14,16-17,28H,5-8,11-12H2,(H2,23,26)(H2,24,25,29). The van der Waals surface area contributed by atoms with Gasteiger partial charge < -0.3 is 20.7 Å². The average Bonchev–Trinajstić information content (AvgIpc) is 2.68. The van der Waals surface area contributed by atoms with Gasteiger partial charge in [0.15, 0.2) is 0 Å². The number of aliphatic hydroxyl groups excluding tert-OH is 1. The zero-order valence-electron chi connectivity index (χ0n) is 16.1. The van der Waals surface area contributed by atoms with Crippen LogP contribution in [0.4, 0.5) is 11.4 Å². The van der Waals surface area contributed by atoms with E-state index in [0.29, 0.717) is 28.0 Å². The molecule has 1 aromatic carbocycles. The van der Waals surface area contributed by atoms with Crippen molar-refractivity contribution < 1.29 is 5.11 Å². The summed E-state index contributed by atoms with van der Waals surface area (Å²) in [6.07, 6.45) is 5.59. The number of β-amino-alcohol motifs (C(OH)–C–C–N with tert-alkyl or cyclic N) is 1. The highest BCUT2D eigenvalue weighted by Crippen LogP contribution is 2.29. The van der Waals surface area contributed by atoms with E-state index in [2.05, 4.69) is 20.5 Å². The lowest BCUT2D eigenvalue weighted by Gasteiger charge is -2.44. The summed E-state index contributed by atoms with van der Waals surface area (Å²) in [6.45, 7) is 1.57. The maximum absolute atomic E-state index is 12.5. The van der Waals surface area contributed by atoms with Crippen molar-refractivity contribution in [1.29, 1.82) is 5.41 Å². The molecule has 7 nitrogen and oxygen atoms in total. The van der Waals surface area contributed by atoms with Crippen molar-refractivity contribution in [3.63, 3.8) is 0 Å². The molecule has 2 fully saturated rings. The van der Waals surface area contributed by atoms with Crippen LogP contribution in [-0.4, -0.2) is 52.1 Å². The summed E-state index contributed by atoms with van der Waals surface area (Å²) in [7, 11) is 0. The van der Waals surface area contributed by atoms with Crippen LogP contribution in [-0.2, 0) is 0 Å². The summed E-state index contributed by atoms with van der Waals surface area (Å²) in [5, 5.41) is 25.0. The molecule has 8 heteroatoms. The van der Waals surface area contributed by atoms with Gasteiger partial charge in [0.25, 0.3) is 5.56 Å². The molecule has 1 saturated carbocycles. The Morgan fingerprint density at radius 1 is 1.14 bits per heavy atom. The maximum Gasteiger partial charge on any atom is 0.261 e. The quantitative estimate of drug-likeness (QED) is 0.381. The Hall–Kier alpha value is -2.35. The molecule has 2 aromatic rings. The number of hydrogen-bond acceptors (Lipinski definition) is 5. The second kappa shape index (κ2) is 8.57. The summed E-state index contributed by atoms with van der Waals surface area (Å²) in [5.41, 5.74) is 1.37. The van der Waals surface area contributed by atoms with Crippen molar-refractivity contribution in [2.75, 3.05) is 23.7 Å². The van der Waals surface area contributed by atoms with Gasteiger partial charge in [0.2, 0.25) is 0 Å². The molecule has 2 heterocycles. The SMILES string of the molecule is N=C(Nc1ccc(Cl)cc1)c1c(NC2CCC(N3CC(O)C3)CC2)cc[nH]c1=O. The van der Waals surface area contributed by atoms with E-state index in [4.69, 9.17) is 17.0 Å². The lowest BCUT2D eigenvalue weighted by molar-refractivity contribution is -0.0337. The third-order valence-corrected chi connectivity index (χ3v) is 6.04. The normalized spacial score (nSPS) is 22.7. The Balaban J connectivity index is 1.42. The van der Waals surface area contributed by atoms with Crippen LogP contribution in [0.1, 0.15) is 31.2 Å². The topological polar surface area (TPSA) is 104 Å². The van der Waals surface area contributed by atoms with Crippen LogP contribution in [0.5, 0.6) is 0 Å². The molecule has 0 atom stereocenters. The summed E-state index contributed by atoms with van der Waals surface area (Å²) >= 11 is 5.91. The van der Waals surface area contributed by atoms with Crippen LogP contribution < -0.4 is 16.2 Å². The van der Waals surface area contributed by atoms with E-state index in [1.54, 1.807) is 30.5 Å². The zero-order valence-corrected chi connectivity index (χ0v) is 16.9. The number of anilines is 2. The van der Waals surface area contributed by atoms with Gasteiger partial charge in [0.1, 0.15) is 11.4 Å². The monoisotopic (exact) mass is 415 g/mol. The van der Waals surface area contributed by atoms with Crippen molar-refractivity contribution in [2.24, 2.45) is 0 Å². The van der Waals surface area contributed by atoms with Crippen molar-refractivity contribution >= 4 is 28.8 Å². The first-order valence-corrected chi connectivity index (χ1v) is 10.4. The summed E-state index contributed by atoms with van der Waals surface area (Å²) in [6, 6.07) is 9.64. The van der Waals surface area contributed by atoms with E-state index in [0.717, 1.165) is 38.8 Å². The molecule has 1 saturated heterocycles. The van der Waals surface area contributed by atoms with Crippen LogP contribution in [0.25, 0.3) is 0 Å². The van der Waals surface area contributed by atoms with Gasteiger partial charge in [-0.05, 0) is 56.0 Å². The highest BCUT2D eigenvalue weighted by atomic mass is 35.5. The molecular weight excluding hydrogens is 390 g/mol. The van der Waals surface area contributed by atoms with E-state index in [1.807, 2.05) is 6.07 Å². The fraction of sp³-hybridized carbons (Fsp3) is 0.429. The van der Waals surface area contributed by atoms with E-state index < -0.39 is 0 Å². The Kier molecular flexibility index (Phi) is 5.89. The fourth-order valence-corrected chi connectivity index (χ4v) is 4.30. The number of nitrogens with one attached hydrogen (secondary N) is 4. The lowest BCUT2D eigenvalue weighted by atomic mass is 9.88. The Labute approximate surface area is 174 Å². The molecule has 0 bridgehead atoms. The third-order valence-electron chi connectivity index (χ3n) is 5.79. The molecule has 0 amide bonds. The van der Waals surface area contributed by atoms with Gasteiger partial charge in [-0.15, -0.1) is 0 Å². The highest BCUT2D eigenvalue weighted by molar-refractivity contribution is 6.30. The molecular formula is C21H26ClN5O2. The number of likely N-dealkylation sites (tertiary alicyclic amines) is 1. The van der Waals surface area contributed by atoms with Gasteiger partial charge in [-0.3, -0.25) is 15.1 Å². The predicted octanol–water partition coefficient (Wildman–Crippen LogP) is 2.87. The molecule has 0 spiro atoms. The summed E-state index contributed by atoms with van der Waals surface area (Å²) < 4.78 is 0. The molecule has 29 heavy (non-hydrogen) atoms. The first-order valence-electron chi connectivity index (χ1n) is 10.0. The maximum atomic E-state index is 12.5. The van der Waals surface area contributed by atoms with E-state index in [1.165, 1.54) is 0 Å². The first kappa shape index (κ1) is 19.9. The molecule has 154 valence electrons. The number of pyridine rings is 1. The molecule has 0 radical (unpaired) electrons. The molecule has 2 aliphatic rings. The Morgan fingerprint density at radius 2 is 1.83 bits per heavy atom. The number of aromatic nitrogens is 1. The smallest absolute Gasteiger partial charge is 0.261 e. The van der Waals surface area contributed by atoms with Crippen LogP contribution in [0.15, 0.2) is 41.3 Å². The van der Waals surface area contributed by atoms with Crippen LogP contribution >= 0.6 is 11.6 Å². The zero-order chi connectivity index (χ0) is 20.4. The first-order chi connectivity index (χ1) is 14.0. The lowest BCUT2D eigenvalue weighted by Crippen LogP contribution is -2.56. The number of amidine groups is 1. The highest BCUT2D eigenvalue weighted by Gasteiger charge is 2.33. The minimum atomic E-state index is -0.301. The molecule has 1 aromatic heterocycles. The van der Waals surface area contributed by atoms with Gasteiger partial charge in [0, 0.05) is 42.1 Å². The molecule has 0 unspecified atom stereocenters. The summed E-state index contributed by atoms with van der Waals surface area (Å²) in [5.74, 6) is 0.0416. The fourth-order valence-electron chi connectivity index (χ4n) is 4.18. The van der Waals surface area contributed by atoms with Crippen LogP contribution in [0.3, 0.4) is 0 Å². The number of H-pyrrole nitrogens is 1. The minimum Gasteiger partial charge on any atom is -0.390 e. The van der Waals surface area contributed by atoms with Gasteiger partial charge in [-0.25, -0.2) is 0 Å². The van der Waals surface area contributed by atoms with E-state index >= 15 is 0 Å². The number of nitrogens with zero attached hydrogens (tertiary/aromatic N) is 1. The van der Waals surface area contributed by atoms with Gasteiger partial charge in [0.05, 0.1) is 11.8 Å². The number of aliphatic hydroxyl groups is 1. The second-order valence-electron chi connectivity index (χ2n) is 7.86. The van der Waals surface area contributed by atoms with Gasteiger partial charge in [-0.2, -0.15) is 0 Å². The van der Waals surface area contributed by atoms with Crippen LogP contribution in [0.2, 0.25) is 5.02 Å².